The van der Waals surface area contributed by atoms with Crippen LogP contribution in [0.5, 0.6) is 0 Å². The molecule has 1 aromatic rings. The molecule has 0 aromatic heterocycles. The second-order valence-corrected chi connectivity index (χ2v) is 6.22. The van der Waals surface area contributed by atoms with Crippen LogP contribution in [0.15, 0.2) is 18.2 Å². The van der Waals surface area contributed by atoms with Crippen molar-refractivity contribution in [1.82, 2.24) is 5.32 Å². The summed E-state index contributed by atoms with van der Waals surface area (Å²) in [6.07, 6.45) is 6.38. The third-order valence-corrected chi connectivity index (χ3v) is 4.74. The number of hydrogen-bond acceptors (Lipinski definition) is 1. The molecule has 1 aromatic carbocycles. The number of nitrogens with one attached hydrogen (secondary N) is 1. The highest BCUT2D eigenvalue weighted by atomic mass is 35.5. The van der Waals surface area contributed by atoms with Gasteiger partial charge in [-0.2, -0.15) is 0 Å². The van der Waals surface area contributed by atoms with E-state index in [4.69, 9.17) is 23.2 Å². The molecule has 2 fully saturated rings. The molecule has 0 spiro atoms. The van der Waals surface area contributed by atoms with Gasteiger partial charge in [0.1, 0.15) is 0 Å². The van der Waals surface area contributed by atoms with Crippen LogP contribution in [0.1, 0.15) is 31.2 Å². The topological polar surface area (TPSA) is 12.0 Å². The summed E-state index contributed by atoms with van der Waals surface area (Å²) in [7, 11) is 0. The monoisotopic (exact) mass is 269 g/mol. The van der Waals surface area contributed by atoms with Gasteiger partial charge in [-0.25, -0.2) is 0 Å². The van der Waals surface area contributed by atoms with E-state index in [2.05, 4.69) is 11.4 Å². The predicted octanol–water partition coefficient (Wildman–Crippen LogP) is 4.07. The maximum atomic E-state index is 6.28. The molecule has 1 saturated carbocycles. The summed E-state index contributed by atoms with van der Waals surface area (Å²) in [5.41, 5.74) is 1.55. The van der Waals surface area contributed by atoms with Gasteiger partial charge in [0, 0.05) is 15.6 Å². The Kier molecular flexibility index (Phi) is 3.10. The average Bonchev–Trinajstić information content (AvgIpc) is 3.05. The van der Waals surface area contributed by atoms with Crippen molar-refractivity contribution in [3.05, 3.63) is 33.8 Å². The van der Waals surface area contributed by atoms with E-state index in [1.807, 2.05) is 12.1 Å². The Balaban J connectivity index is 1.84. The Morgan fingerprint density at radius 2 is 2.12 bits per heavy atom. The molecule has 1 N–H and O–H groups in total. The lowest BCUT2D eigenvalue weighted by molar-refractivity contribution is 0.323. The molecule has 2 aliphatic rings. The molecule has 1 unspecified atom stereocenters. The maximum Gasteiger partial charge on any atom is 0.0453 e. The summed E-state index contributed by atoms with van der Waals surface area (Å²) >= 11 is 12.2. The Morgan fingerprint density at radius 3 is 2.71 bits per heavy atom. The predicted molar refractivity (Wildman–Crippen MR) is 72.9 cm³/mol. The first kappa shape index (κ1) is 11.8. The van der Waals surface area contributed by atoms with Crippen LogP contribution in [0.4, 0.5) is 0 Å². The van der Waals surface area contributed by atoms with E-state index in [0.717, 1.165) is 28.9 Å². The third-order valence-electron chi connectivity index (χ3n) is 4.16. The normalized spacial score (nSPS) is 28.6. The van der Waals surface area contributed by atoms with Gasteiger partial charge in [-0.05, 0) is 62.3 Å². The van der Waals surface area contributed by atoms with E-state index in [0.29, 0.717) is 5.54 Å². The molecule has 1 nitrogen and oxygen atoms in total. The van der Waals surface area contributed by atoms with Gasteiger partial charge < -0.3 is 5.32 Å². The first-order chi connectivity index (χ1) is 8.20. The average molecular weight is 270 g/mol. The SMILES string of the molecule is Clc1ccc(CC2(C3CC3)CCCN2)c(Cl)c1. The molecule has 0 bridgehead atoms. The summed E-state index contributed by atoms with van der Waals surface area (Å²) in [5.74, 6) is 0.858. The lowest BCUT2D eigenvalue weighted by atomic mass is 9.84. The Bertz CT molecular complexity index is 420. The van der Waals surface area contributed by atoms with Crippen molar-refractivity contribution in [2.45, 2.75) is 37.6 Å². The van der Waals surface area contributed by atoms with E-state index in [9.17, 15) is 0 Å². The Labute approximate surface area is 112 Å². The summed E-state index contributed by atoms with van der Waals surface area (Å²) in [6, 6.07) is 5.88. The van der Waals surface area contributed by atoms with E-state index in [1.165, 1.54) is 31.2 Å². The smallest absolute Gasteiger partial charge is 0.0453 e. The lowest BCUT2D eigenvalue weighted by Gasteiger charge is -2.30. The number of hydrogen-bond donors (Lipinski definition) is 1. The molecule has 92 valence electrons. The van der Waals surface area contributed by atoms with Crippen LogP contribution in [0.25, 0.3) is 0 Å². The van der Waals surface area contributed by atoms with Gasteiger partial charge in [0.15, 0.2) is 0 Å². The lowest BCUT2D eigenvalue weighted by Crippen LogP contribution is -2.44. The molecule has 1 saturated heterocycles. The van der Waals surface area contributed by atoms with E-state index in [-0.39, 0.29) is 0 Å². The van der Waals surface area contributed by atoms with Crippen LogP contribution in [0, 0.1) is 5.92 Å². The number of halogens is 2. The first-order valence-corrected chi connectivity index (χ1v) is 7.14. The van der Waals surface area contributed by atoms with Crippen LogP contribution in [0.2, 0.25) is 10.0 Å². The molecule has 17 heavy (non-hydrogen) atoms. The molecule has 1 aliphatic heterocycles. The fraction of sp³-hybridized carbons (Fsp3) is 0.571. The van der Waals surface area contributed by atoms with Crippen molar-refractivity contribution in [2.24, 2.45) is 5.92 Å². The van der Waals surface area contributed by atoms with Crippen molar-refractivity contribution in [3.63, 3.8) is 0 Å². The van der Waals surface area contributed by atoms with Crippen molar-refractivity contribution >= 4 is 23.2 Å². The second-order valence-electron chi connectivity index (χ2n) is 5.37. The Morgan fingerprint density at radius 1 is 1.29 bits per heavy atom. The highest BCUT2D eigenvalue weighted by molar-refractivity contribution is 6.35. The van der Waals surface area contributed by atoms with E-state index in [1.54, 1.807) is 0 Å². The van der Waals surface area contributed by atoms with Gasteiger partial charge in [-0.3, -0.25) is 0 Å². The van der Waals surface area contributed by atoms with Crippen LogP contribution in [-0.2, 0) is 6.42 Å². The first-order valence-electron chi connectivity index (χ1n) is 6.39. The number of rotatable bonds is 3. The van der Waals surface area contributed by atoms with Gasteiger partial charge in [0.25, 0.3) is 0 Å². The van der Waals surface area contributed by atoms with Gasteiger partial charge in [0.05, 0.1) is 0 Å². The van der Waals surface area contributed by atoms with Crippen molar-refractivity contribution < 1.29 is 0 Å². The molecule has 3 rings (SSSR count). The van der Waals surface area contributed by atoms with Crippen LogP contribution >= 0.6 is 23.2 Å². The molecule has 1 heterocycles. The summed E-state index contributed by atoms with van der Waals surface area (Å²) in [4.78, 5) is 0. The Hall–Kier alpha value is -0.240. The van der Waals surface area contributed by atoms with Gasteiger partial charge in [0.2, 0.25) is 0 Å². The van der Waals surface area contributed by atoms with Gasteiger partial charge in [-0.15, -0.1) is 0 Å². The summed E-state index contributed by atoms with van der Waals surface area (Å²) in [5, 5.41) is 5.26. The maximum absolute atomic E-state index is 6.28. The minimum atomic E-state index is 0.317. The molecule has 0 radical (unpaired) electrons. The van der Waals surface area contributed by atoms with Crippen LogP contribution < -0.4 is 5.32 Å². The zero-order chi connectivity index (χ0) is 11.9. The van der Waals surface area contributed by atoms with Crippen molar-refractivity contribution in [2.75, 3.05) is 6.54 Å². The fourth-order valence-electron chi connectivity index (χ4n) is 3.11. The molecule has 1 aliphatic carbocycles. The number of benzene rings is 1. The highest BCUT2D eigenvalue weighted by Crippen LogP contribution is 2.46. The molecule has 0 amide bonds. The zero-order valence-corrected chi connectivity index (χ0v) is 11.3. The second kappa shape index (κ2) is 4.46. The van der Waals surface area contributed by atoms with Crippen LogP contribution in [-0.4, -0.2) is 12.1 Å². The molecular weight excluding hydrogens is 253 g/mol. The van der Waals surface area contributed by atoms with Gasteiger partial charge >= 0.3 is 0 Å². The zero-order valence-electron chi connectivity index (χ0n) is 9.81. The minimum Gasteiger partial charge on any atom is -0.311 e. The molecular formula is C14H17Cl2N. The highest BCUT2D eigenvalue weighted by Gasteiger charge is 2.46. The third kappa shape index (κ3) is 2.33. The van der Waals surface area contributed by atoms with Crippen molar-refractivity contribution in [3.8, 4) is 0 Å². The minimum absolute atomic E-state index is 0.317. The largest absolute Gasteiger partial charge is 0.311 e. The van der Waals surface area contributed by atoms with Crippen LogP contribution in [0.3, 0.4) is 0 Å². The fourth-order valence-corrected chi connectivity index (χ4v) is 3.59. The molecule has 1 atom stereocenters. The van der Waals surface area contributed by atoms with E-state index >= 15 is 0 Å². The van der Waals surface area contributed by atoms with Crippen molar-refractivity contribution in [1.29, 1.82) is 0 Å². The standard InChI is InChI=1S/C14H17Cl2N/c15-12-5-2-10(13(16)8-12)9-14(11-3-4-11)6-1-7-17-14/h2,5,8,11,17H,1,3-4,6-7,9H2. The van der Waals surface area contributed by atoms with Gasteiger partial charge in [-0.1, -0.05) is 29.3 Å². The molecule has 3 heteroatoms. The summed E-state index contributed by atoms with van der Waals surface area (Å²) < 4.78 is 0. The summed E-state index contributed by atoms with van der Waals surface area (Å²) in [6.45, 7) is 1.15. The quantitative estimate of drug-likeness (QED) is 0.873. The van der Waals surface area contributed by atoms with E-state index < -0.39 is 0 Å².